The van der Waals surface area contributed by atoms with Gasteiger partial charge in [-0.2, -0.15) is 0 Å². The van der Waals surface area contributed by atoms with Crippen molar-refractivity contribution in [3.63, 3.8) is 0 Å². The molecule has 0 saturated heterocycles. The molecule has 1 aliphatic rings. The normalized spacial score (nSPS) is 17.7. The van der Waals surface area contributed by atoms with Gasteiger partial charge < -0.3 is 20.5 Å². The van der Waals surface area contributed by atoms with Crippen molar-refractivity contribution in [2.24, 2.45) is 11.7 Å². The van der Waals surface area contributed by atoms with Crippen LogP contribution < -0.4 is 20.5 Å². The fourth-order valence-corrected chi connectivity index (χ4v) is 3.14. The van der Waals surface area contributed by atoms with E-state index >= 15 is 0 Å². The number of rotatable bonds is 8. The van der Waals surface area contributed by atoms with Crippen molar-refractivity contribution < 1.29 is 14.3 Å². The van der Waals surface area contributed by atoms with Gasteiger partial charge in [-0.15, -0.1) is 12.4 Å². The molecule has 0 bridgehead atoms. The highest BCUT2D eigenvalue weighted by molar-refractivity contribution is 5.85. The van der Waals surface area contributed by atoms with E-state index < -0.39 is 6.04 Å². The molecule has 1 aromatic carbocycles. The SMILES string of the molecule is CCC(C)C(N)C(=O)NC(C)c1ccc(OC2CCCC2)c(OC)c1.Cl. The van der Waals surface area contributed by atoms with Crippen LogP contribution in [0.4, 0.5) is 0 Å². The summed E-state index contributed by atoms with van der Waals surface area (Å²) in [6.07, 6.45) is 5.82. The Morgan fingerprint density at radius 2 is 1.92 bits per heavy atom. The maximum absolute atomic E-state index is 12.3. The lowest BCUT2D eigenvalue weighted by Gasteiger charge is -2.22. The van der Waals surface area contributed by atoms with Crippen LogP contribution in [-0.2, 0) is 4.79 Å². The minimum absolute atomic E-state index is 0. The summed E-state index contributed by atoms with van der Waals surface area (Å²) in [5.74, 6) is 1.51. The van der Waals surface area contributed by atoms with Crippen LogP contribution in [0.2, 0.25) is 0 Å². The maximum atomic E-state index is 12.3. The summed E-state index contributed by atoms with van der Waals surface area (Å²) in [5.41, 5.74) is 6.98. The van der Waals surface area contributed by atoms with Crippen molar-refractivity contribution in [1.29, 1.82) is 0 Å². The van der Waals surface area contributed by atoms with Crippen LogP contribution >= 0.6 is 12.4 Å². The Morgan fingerprint density at radius 3 is 2.50 bits per heavy atom. The van der Waals surface area contributed by atoms with Crippen LogP contribution in [0, 0.1) is 5.92 Å². The fourth-order valence-electron chi connectivity index (χ4n) is 3.14. The Bertz CT molecular complexity index is 576. The molecule has 1 amide bonds. The van der Waals surface area contributed by atoms with E-state index in [9.17, 15) is 4.79 Å². The quantitative estimate of drug-likeness (QED) is 0.710. The number of carbonyl (C=O) groups is 1. The number of hydrogen-bond donors (Lipinski definition) is 2. The van der Waals surface area contributed by atoms with Crippen LogP contribution in [0.5, 0.6) is 11.5 Å². The van der Waals surface area contributed by atoms with E-state index in [4.69, 9.17) is 15.2 Å². The third-order valence-corrected chi connectivity index (χ3v) is 5.20. The zero-order valence-corrected chi connectivity index (χ0v) is 17.1. The Hall–Kier alpha value is -1.46. The topological polar surface area (TPSA) is 73.6 Å². The van der Waals surface area contributed by atoms with Crippen LogP contribution in [0.25, 0.3) is 0 Å². The van der Waals surface area contributed by atoms with Gasteiger partial charge in [-0.1, -0.05) is 26.3 Å². The standard InChI is InChI=1S/C20H32N2O3.ClH/c1-5-13(2)19(21)20(23)22-14(3)15-10-11-17(18(12-15)24-4)25-16-8-6-7-9-16;/h10-14,16,19H,5-9,21H2,1-4H3,(H,22,23);1H. The van der Waals surface area contributed by atoms with Crippen molar-refractivity contribution >= 4 is 18.3 Å². The number of hydrogen-bond acceptors (Lipinski definition) is 4. The van der Waals surface area contributed by atoms with E-state index in [-0.39, 0.29) is 36.4 Å². The average Bonchev–Trinajstić information content (AvgIpc) is 3.13. The van der Waals surface area contributed by atoms with E-state index in [2.05, 4.69) is 5.32 Å². The number of ether oxygens (including phenoxy) is 2. The molecular formula is C20H33ClN2O3. The number of amides is 1. The lowest BCUT2D eigenvalue weighted by atomic mass is 9.98. The summed E-state index contributed by atoms with van der Waals surface area (Å²) >= 11 is 0. The summed E-state index contributed by atoms with van der Waals surface area (Å²) in [6, 6.07) is 5.22. The molecule has 3 unspecified atom stereocenters. The number of nitrogens with two attached hydrogens (primary N) is 1. The zero-order valence-electron chi connectivity index (χ0n) is 16.3. The van der Waals surface area contributed by atoms with E-state index in [1.54, 1.807) is 7.11 Å². The van der Waals surface area contributed by atoms with Crippen molar-refractivity contribution in [2.75, 3.05) is 7.11 Å². The van der Waals surface area contributed by atoms with E-state index in [1.165, 1.54) is 12.8 Å². The molecule has 1 fully saturated rings. The number of carbonyl (C=O) groups excluding carboxylic acids is 1. The Balaban J connectivity index is 0.00000338. The minimum Gasteiger partial charge on any atom is -0.493 e. The first-order valence-corrected chi connectivity index (χ1v) is 9.36. The van der Waals surface area contributed by atoms with Crippen molar-refractivity contribution in [3.8, 4) is 11.5 Å². The summed E-state index contributed by atoms with van der Waals surface area (Å²) in [6.45, 7) is 5.98. The molecular weight excluding hydrogens is 352 g/mol. The van der Waals surface area contributed by atoms with Gasteiger partial charge >= 0.3 is 0 Å². The van der Waals surface area contributed by atoms with E-state index in [0.717, 1.165) is 30.6 Å². The summed E-state index contributed by atoms with van der Waals surface area (Å²) in [5, 5.41) is 2.99. The first kappa shape index (κ1) is 22.6. The molecule has 26 heavy (non-hydrogen) atoms. The Labute approximate surface area is 163 Å². The Morgan fingerprint density at radius 1 is 1.27 bits per heavy atom. The summed E-state index contributed by atoms with van der Waals surface area (Å²) in [4.78, 5) is 12.3. The first-order chi connectivity index (χ1) is 12.0. The largest absolute Gasteiger partial charge is 0.493 e. The summed E-state index contributed by atoms with van der Waals surface area (Å²) in [7, 11) is 1.64. The van der Waals surface area contributed by atoms with Gasteiger partial charge in [0.25, 0.3) is 0 Å². The molecule has 6 heteroatoms. The van der Waals surface area contributed by atoms with Crippen LogP contribution in [0.15, 0.2) is 18.2 Å². The lowest BCUT2D eigenvalue weighted by molar-refractivity contribution is -0.124. The van der Waals surface area contributed by atoms with Crippen LogP contribution in [0.3, 0.4) is 0 Å². The number of methoxy groups -OCH3 is 1. The smallest absolute Gasteiger partial charge is 0.237 e. The van der Waals surface area contributed by atoms with Crippen LogP contribution in [0.1, 0.15) is 64.5 Å². The van der Waals surface area contributed by atoms with Gasteiger partial charge in [0, 0.05) is 0 Å². The molecule has 3 atom stereocenters. The molecule has 2 rings (SSSR count). The van der Waals surface area contributed by atoms with E-state index in [1.807, 2.05) is 39.0 Å². The second-order valence-corrected chi connectivity index (χ2v) is 7.08. The number of nitrogens with one attached hydrogen (secondary N) is 1. The molecule has 3 N–H and O–H groups in total. The maximum Gasteiger partial charge on any atom is 0.237 e. The third-order valence-electron chi connectivity index (χ3n) is 5.20. The second kappa shape index (κ2) is 10.6. The molecule has 148 valence electrons. The Kier molecular flexibility index (Phi) is 9.23. The summed E-state index contributed by atoms with van der Waals surface area (Å²) < 4.78 is 11.6. The highest BCUT2D eigenvalue weighted by Gasteiger charge is 2.22. The second-order valence-electron chi connectivity index (χ2n) is 7.08. The van der Waals surface area contributed by atoms with Crippen molar-refractivity contribution in [2.45, 2.75) is 71.1 Å². The average molecular weight is 385 g/mol. The molecule has 1 aromatic rings. The van der Waals surface area contributed by atoms with Crippen molar-refractivity contribution in [1.82, 2.24) is 5.32 Å². The predicted molar refractivity (Wildman–Crippen MR) is 107 cm³/mol. The lowest BCUT2D eigenvalue weighted by Crippen LogP contribution is -2.45. The van der Waals surface area contributed by atoms with E-state index in [0.29, 0.717) is 5.75 Å². The fraction of sp³-hybridized carbons (Fsp3) is 0.650. The molecule has 0 radical (unpaired) electrons. The zero-order chi connectivity index (χ0) is 18.4. The molecule has 1 aliphatic carbocycles. The monoisotopic (exact) mass is 384 g/mol. The minimum atomic E-state index is -0.487. The van der Waals surface area contributed by atoms with Crippen molar-refractivity contribution in [3.05, 3.63) is 23.8 Å². The highest BCUT2D eigenvalue weighted by atomic mass is 35.5. The first-order valence-electron chi connectivity index (χ1n) is 9.36. The van der Waals surface area contributed by atoms with Gasteiger partial charge in [0.05, 0.1) is 25.3 Å². The molecule has 0 aliphatic heterocycles. The van der Waals surface area contributed by atoms with Gasteiger partial charge in [0.15, 0.2) is 11.5 Å². The van der Waals surface area contributed by atoms with Crippen LogP contribution in [-0.4, -0.2) is 25.2 Å². The number of halogens is 1. The molecule has 1 saturated carbocycles. The molecule has 5 nitrogen and oxygen atoms in total. The predicted octanol–water partition coefficient (Wildman–Crippen LogP) is 3.99. The highest BCUT2D eigenvalue weighted by Crippen LogP contribution is 2.33. The molecule has 0 aromatic heterocycles. The molecule has 0 heterocycles. The number of benzene rings is 1. The third kappa shape index (κ3) is 5.78. The van der Waals surface area contributed by atoms with Gasteiger partial charge in [0.2, 0.25) is 5.91 Å². The van der Waals surface area contributed by atoms with Gasteiger partial charge in [-0.05, 0) is 56.2 Å². The van der Waals surface area contributed by atoms with Gasteiger partial charge in [0.1, 0.15) is 0 Å². The molecule has 0 spiro atoms. The van der Waals surface area contributed by atoms with Gasteiger partial charge in [-0.25, -0.2) is 0 Å². The van der Waals surface area contributed by atoms with Gasteiger partial charge in [-0.3, -0.25) is 4.79 Å².